The van der Waals surface area contributed by atoms with Crippen LogP contribution in [-0.4, -0.2) is 54.0 Å². The number of morpholine rings is 1. The second kappa shape index (κ2) is 8.20. The summed E-state index contributed by atoms with van der Waals surface area (Å²) < 4.78 is 15.3. The number of hydrogen-bond acceptors (Lipinski definition) is 4. The summed E-state index contributed by atoms with van der Waals surface area (Å²) in [6.07, 6.45) is 1.95. The number of para-hydroxylation sites is 1. The van der Waals surface area contributed by atoms with Crippen LogP contribution in [-0.2, 0) is 11.3 Å². The van der Waals surface area contributed by atoms with E-state index in [1.54, 1.807) is 7.11 Å². The quantitative estimate of drug-likeness (QED) is 0.639. The molecule has 156 valence electrons. The molecule has 4 rings (SSSR count). The summed E-state index contributed by atoms with van der Waals surface area (Å²) in [6.45, 7) is 11.6. The Kier molecular flexibility index (Phi) is 5.65. The number of aromatic nitrogens is 2. The maximum absolute atomic E-state index is 13.5. The van der Waals surface area contributed by atoms with E-state index in [1.165, 1.54) is 0 Å². The molecule has 6 heteroatoms. The van der Waals surface area contributed by atoms with Gasteiger partial charge >= 0.3 is 0 Å². The van der Waals surface area contributed by atoms with Crippen LogP contribution in [0.4, 0.5) is 0 Å². The average molecular weight is 398 g/mol. The van der Waals surface area contributed by atoms with Crippen LogP contribution in [0.1, 0.15) is 26.8 Å². The molecule has 3 heterocycles. The molecule has 1 atom stereocenters. The first-order valence-corrected chi connectivity index (χ1v) is 10.5. The third-order valence-electron chi connectivity index (χ3n) is 6.29. The molecule has 0 aliphatic carbocycles. The Morgan fingerprint density at radius 3 is 2.55 bits per heavy atom. The number of ether oxygens (including phenoxy) is 2. The topological polar surface area (TPSA) is 48.6 Å². The molecule has 0 radical (unpaired) electrons. The molecule has 1 aliphatic rings. The minimum atomic E-state index is 0.0760. The van der Waals surface area contributed by atoms with Crippen LogP contribution in [0.2, 0.25) is 0 Å². The van der Waals surface area contributed by atoms with Crippen molar-refractivity contribution in [2.45, 2.75) is 33.4 Å². The molecule has 1 aromatic carbocycles. The van der Waals surface area contributed by atoms with Crippen LogP contribution in [0.25, 0.3) is 21.8 Å². The highest BCUT2D eigenvalue weighted by atomic mass is 16.5. The summed E-state index contributed by atoms with van der Waals surface area (Å²) in [5.41, 5.74) is 2.06. The van der Waals surface area contributed by atoms with Gasteiger partial charge in [0.2, 0.25) is 0 Å². The fraction of sp³-hybridized carbons (Fsp3) is 0.522. The minimum Gasteiger partial charge on any atom is -0.495 e. The van der Waals surface area contributed by atoms with Crippen molar-refractivity contribution in [2.24, 2.45) is 5.92 Å². The van der Waals surface area contributed by atoms with E-state index in [2.05, 4.69) is 36.3 Å². The van der Waals surface area contributed by atoms with E-state index in [1.807, 2.05) is 29.0 Å². The van der Waals surface area contributed by atoms with Crippen molar-refractivity contribution in [3.8, 4) is 5.75 Å². The SMILES string of the molecule is COc1cccc2c3c(=O)n(C(C)C(C)C)ccc3n(CCN3CCOCC3)c12. The Morgan fingerprint density at radius 1 is 1.10 bits per heavy atom. The molecule has 1 saturated heterocycles. The zero-order valence-electron chi connectivity index (χ0n) is 17.9. The summed E-state index contributed by atoms with van der Waals surface area (Å²) in [5.74, 6) is 1.19. The Morgan fingerprint density at radius 2 is 1.86 bits per heavy atom. The van der Waals surface area contributed by atoms with Gasteiger partial charge in [0.05, 0.1) is 36.7 Å². The maximum atomic E-state index is 13.5. The Bertz CT molecular complexity index is 1060. The molecule has 2 aromatic heterocycles. The first-order chi connectivity index (χ1) is 14.0. The molecular formula is C23H31N3O3. The highest BCUT2D eigenvalue weighted by molar-refractivity contribution is 6.09. The van der Waals surface area contributed by atoms with Gasteiger partial charge in [0.25, 0.3) is 5.56 Å². The van der Waals surface area contributed by atoms with Crippen LogP contribution in [0.5, 0.6) is 5.75 Å². The van der Waals surface area contributed by atoms with Crippen molar-refractivity contribution in [3.05, 3.63) is 40.8 Å². The standard InChI is InChI=1S/C23H31N3O3/c1-16(2)17(3)25-9-8-19-21(23(25)27)18-6-5-7-20(28-4)22(18)26(19)11-10-24-12-14-29-15-13-24/h5-9,16-17H,10-15H2,1-4H3. The number of nitrogens with zero attached hydrogens (tertiary/aromatic N) is 3. The molecule has 29 heavy (non-hydrogen) atoms. The number of benzene rings is 1. The molecule has 3 aromatic rings. The van der Waals surface area contributed by atoms with Gasteiger partial charge < -0.3 is 18.6 Å². The molecule has 0 saturated carbocycles. The van der Waals surface area contributed by atoms with Gasteiger partial charge in [-0.3, -0.25) is 9.69 Å². The predicted octanol–water partition coefficient (Wildman–Crippen LogP) is 3.51. The Balaban J connectivity index is 1.88. The fourth-order valence-corrected chi connectivity index (χ4v) is 4.25. The first-order valence-electron chi connectivity index (χ1n) is 10.5. The second-order valence-corrected chi connectivity index (χ2v) is 8.24. The minimum absolute atomic E-state index is 0.0760. The summed E-state index contributed by atoms with van der Waals surface area (Å²) in [4.78, 5) is 15.9. The smallest absolute Gasteiger partial charge is 0.260 e. The van der Waals surface area contributed by atoms with Gasteiger partial charge in [0.15, 0.2) is 0 Å². The van der Waals surface area contributed by atoms with Crippen molar-refractivity contribution in [1.29, 1.82) is 0 Å². The highest BCUT2D eigenvalue weighted by Gasteiger charge is 2.21. The average Bonchev–Trinajstić information content (AvgIpc) is 3.07. The van der Waals surface area contributed by atoms with Gasteiger partial charge in [-0.2, -0.15) is 0 Å². The summed E-state index contributed by atoms with van der Waals surface area (Å²) in [5, 5.41) is 1.76. The van der Waals surface area contributed by atoms with Gasteiger partial charge in [-0.05, 0) is 25.0 Å². The van der Waals surface area contributed by atoms with E-state index in [0.29, 0.717) is 5.92 Å². The van der Waals surface area contributed by atoms with E-state index in [9.17, 15) is 4.79 Å². The lowest BCUT2D eigenvalue weighted by Crippen LogP contribution is -2.38. The molecule has 1 unspecified atom stereocenters. The van der Waals surface area contributed by atoms with Gasteiger partial charge in [0, 0.05) is 43.8 Å². The summed E-state index contributed by atoms with van der Waals surface area (Å²) >= 11 is 0. The van der Waals surface area contributed by atoms with Gasteiger partial charge in [-0.25, -0.2) is 0 Å². The highest BCUT2D eigenvalue weighted by Crippen LogP contribution is 2.33. The monoisotopic (exact) mass is 397 g/mol. The van der Waals surface area contributed by atoms with Gasteiger partial charge in [-0.1, -0.05) is 26.0 Å². The lowest BCUT2D eigenvalue weighted by molar-refractivity contribution is 0.0366. The first kappa shape index (κ1) is 20.0. The molecule has 0 N–H and O–H groups in total. The maximum Gasteiger partial charge on any atom is 0.260 e. The third-order valence-corrected chi connectivity index (χ3v) is 6.29. The zero-order valence-corrected chi connectivity index (χ0v) is 17.9. The molecule has 6 nitrogen and oxygen atoms in total. The van der Waals surface area contributed by atoms with E-state index < -0.39 is 0 Å². The van der Waals surface area contributed by atoms with Crippen molar-refractivity contribution >= 4 is 21.8 Å². The second-order valence-electron chi connectivity index (χ2n) is 8.24. The number of rotatable bonds is 6. The van der Waals surface area contributed by atoms with Gasteiger partial charge in [0.1, 0.15) is 5.75 Å². The number of fused-ring (bicyclic) bond motifs is 3. The number of hydrogen-bond donors (Lipinski definition) is 0. The third kappa shape index (κ3) is 3.55. The van der Waals surface area contributed by atoms with Crippen LogP contribution in [0.3, 0.4) is 0 Å². The Labute approximate surface area is 171 Å². The van der Waals surface area contributed by atoms with Crippen LogP contribution in [0, 0.1) is 5.92 Å². The lowest BCUT2D eigenvalue weighted by atomic mass is 10.1. The summed E-state index contributed by atoms with van der Waals surface area (Å²) in [6, 6.07) is 8.22. The lowest BCUT2D eigenvalue weighted by Gasteiger charge is -2.27. The molecule has 0 spiro atoms. The molecule has 0 amide bonds. The van der Waals surface area contributed by atoms with Crippen molar-refractivity contribution in [3.63, 3.8) is 0 Å². The van der Waals surface area contributed by atoms with Gasteiger partial charge in [-0.15, -0.1) is 0 Å². The molecular weight excluding hydrogens is 366 g/mol. The van der Waals surface area contributed by atoms with Crippen molar-refractivity contribution in [2.75, 3.05) is 40.0 Å². The van der Waals surface area contributed by atoms with Crippen molar-refractivity contribution in [1.82, 2.24) is 14.0 Å². The van der Waals surface area contributed by atoms with Crippen LogP contribution < -0.4 is 10.3 Å². The predicted molar refractivity (Wildman–Crippen MR) is 117 cm³/mol. The normalized spacial score (nSPS) is 16.7. The number of pyridine rings is 1. The van der Waals surface area contributed by atoms with Crippen LogP contribution >= 0.6 is 0 Å². The zero-order chi connectivity index (χ0) is 20.5. The van der Waals surface area contributed by atoms with Crippen LogP contribution in [0.15, 0.2) is 35.3 Å². The number of methoxy groups -OCH3 is 1. The van der Waals surface area contributed by atoms with Crippen molar-refractivity contribution < 1.29 is 9.47 Å². The molecule has 0 bridgehead atoms. The Hall–Kier alpha value is -2.31. The molecule has 1 aliphatic heterocycles. The van der Waals surface area contributed by atoms with E-state index in [4.69, 9.17) is 9.47 Å². The van der Waals surface area contributed by atoms with E-state index >= 15 is 0 Å². The van der Waals surface area contributed by atoms with E-state index in [0.717, 1.165) is 66.9 Å². The largest absolute Gasteiger partial charge is 0.495 e. The molecule has 1 fully saturated rings. The van der Waals surface area contributed by atoms with E-state index in [-0.39, 0.29) is 11.6 Å². The fourth-order valence-electron chi connectivity index (χ4n) is 4.25. The summed E-state index contributed by atoms with van der Waals surface area (Å²) in [7, 11) is 1.69.